The number of nitrogens with zero attached hydrogens (tertiary/aromatic N) is 4. The second-order valence-corrected chi connectivity index (χ2v) is 6.42. The number of rotatable bonds is 4. The van der Waals surface area contributed by atoms with Crippen LogP contribution in [-0.2, 0) is 11.2 Å². The average Bonchev–Trinajstić information content (AvgIpc) is 2.70. The lowest BCUT2D eigenvalue weighted by atomic mass is 10.0. The first-order valence-corrected chi connectivity index (χ1v) is 8.61. The van der Waals surface area contributed by atoms with Crippen molar-refractivity contribution >= 4 is 16.8 Å². The van der Waals surface area contributed by atoms with E-state index in [1.54, 1.807) is 26.0 Å². The van der Waals surface area contributed by atoms with E-state index in [0.717, 1.165) is 6.07 Å². The molecule has 9 heteroatoms. The summed E-state index contributed by atoms with van der Waals surface area (Å²) in [6.07, 6.45) is 2.37. The summed E-state index contributed by atoms with van der Waals surface area (Å²) in [6, 6.07) is 5.61. The molecule has 0 saturated carbocycles. The zero-order valence-corrected chi connectivity index (χ0v) is 15.6. The quantitative estimate of drug-likeness (QED) is 0.699. The number of hydrogen-bond acceptors (Lipinski definition) is 6. The number of carbonyl (C=O) groups is 1. The predicted molar refractivity (Wildman–Crippen MR) is 101 cm³/mol. The fraction of sp³-hybridized carbons (Fsp3) is 0.200. The average molecular weight is 390 g/mol. The summed E-state index contributed by atoms with van der Waals surface area (Å²) in [5.74, 6) is -1.22. The molecule has 0 saturated heterocycles. The molecule has 0 unspecified atom stereocenters. The van der Waals surface area contributed by atoms with Crippen molar-refractivity contribution in [3.8, 4) is 12.1 Å². The summed E-state index contributed by atoms with van der Waals surface area (Å²) in [5.41, 5.74) is 0.896. The number of aromatic amines is 1. The number of pyridine rings is 3. The van der Waals surface area contributed by atoms with Gasteiger partial charge in [-0.3, -0.25) is 14.6 Å². The van der Waals surface area contributed by atoms with Crippen molar-refractivity contribution in [3.05, 3.63) is 68.8 Å². The minimum Gasteiger partial charge on any atom is -0.348 e. The monoisotopic (exact) mass is 390 g/mol. The Hall–Kier alpha value is -4.11. The second kappa shape index (κ2) is 7.87. The Morgan fingerprint density at radius 2 is 2.10 bits per heavy atom. The van der Waals surface area contributed by atoms with Crippen molar-refractivity contribution in [2.75, 3.05) is 0 Å². The number of fused-ring (bicyclic) bond motifs is 1. The lowest BCUT2D eigenvalue weighted by molar-refractivity contribution is -0.121. The minimum atomic E-state index is -0.772. The van der Waals surface area contributed by atoms with E-state index in [4.69, 9.17) is 5.26 Å². The molecule has 144 valence electrons. The van der Waals surface area contributed by atoms with E-state index in [-0.39, 0.29) is 28.9 Å². The van der Waals surface area contributed by atoms with Crippen LogP contribution in [0.1, 0.15) is 41.0 Å². The molecular weight excluding hydrogens is 375 g/mol. The van der Waals surface area contributed by atoms with Crippen LogP contribution >= 0.6 is 0 Å². The van der Waals surface area contributed by atoms with Gasteiger partial charge >= 0.3 is 0 Å². The minimum absolute atomic E-state index is 0.0162. The van der Waals surface area contributed by atoms with Gasteiger partial charge in [0.05, 0.1) is 29.2 Å². The number of nitriles is 2. The van der Waals surface area contributed by atoms with Crippen LogP contribution < -0.4 is 10.9 Å². The summed E-state index contributed by atoms with van der Waals surface area (Å²) in [6.45, 7) is 3.19. The molecule has 0 aliphatic rings. The molecule has 3 aromatic rings. The zero-order valence-electron chi connectivity index (χ0n) is 15.6. The Morgan fingerprint density at radius 3 is 2.76 bits per heavy atom. The van der Waals surface area contributed by atoms with E-state index in [9.17, 15) is 19.2 Å². The topological polar surface area (TPSA) is 135 Å². The molecule has 0 aliphatic carbocycles. The molecule has 2 N–H and O–H groups in total. The molecule has 1 atom stereocenters. The molecule has 3 heterocycles. The van der Waals surface area contributed by atoms with E-state index in [1.807, 2.05) is 6.07 Å². The largest absolute Gasteiger partial charge is 0.348 e. The molecular formula is C20H15FN6O2. The highest BCUT2D eigenvalue weighted by molar-refractivity contribution is 5.88. The van der Waals surface area contributed by atoms with E-state index in [1.165, 1.54) is 12.4 Å². The molecule has 0 fully saturated rings. The van der Waals surface area contributed by atoms with Gasteiger partial charge in [-0.05, 0) is 31.5 Å². The molecule has 0 aromatic carbocycles. The number of hydrogen-bond donors (Lipinski definition) is 2. The molecule has 8 nitrogen and oxygen atoms in total. The fourth-order valence-electron chi connectivity index (χ4n) is 3.11. The SMILES string of the molecule is Cc1c(CC(=O)N[C@H](C)c2ncc(C#N)cc2F)c(=O)[nH]c2ccnc(C#N)c12. The van der Waals surface area contributed by atoms with Crippen LogP contribution in [0.5, 0.6) is 0 Å². The van der Waals surface area contributed by atoms with Crippen LogP contribution in [0.25, 0.3) is 10.9 Å². The number of nitrogens with one attached hydrogen (secondary N) is 2. The van der Waals surface area contributed by atoms with Gasteiger partial charge in [0.15, 0.2) is 0 Å². The Bertz CT molecular complexity index is 1270. The number of halogens is 1. The number of aromatic nitrogens is 3. The van der Waals surface area contributed by atoms with Crippen LogP contribution in [-0.4, -0.2) is 20.9 Å². The molecule has 3 rings (SSSR count). The van der Waals surface area contributed by atoms with E-state index >= 15 is 0 Å². The van der Waals surface area contributed by atoms with Crippen molar-refractivity contribution in [1.82, 2.24) is 20.3 Å². The summed E-state index contributed by atoms with van der Waals surface area (Å²) >= 11 is 0. The third kappa shape index (κ3) is 3.80. The highest BCUT2D eigenvalue weighted by Crippen LogP contribution is 2.20. The summed E-state index contributed by atoms with van der Waals surface area (Å²) in [5, 5.41) is 21.1. The Balaban J connectivity index is 1.88. The number of carbonyl (C=O) groups excluding carboxylic acids is 1. The van der Waals surface area contributed by atoms with E-state index in [2.05, 4.69) is 20.3 Å². The van der Waals surface area contributed by atoms with Gasteiger partial charge in [-0.2, -0.15) is 10.5 Å². The van der Waals surface area contributed by atoms with Gasteiger partial charge in [0.25, 0.3) is 5.56 Å². The van der Waals surface area contributed by atoms with E-state index in [0.29, 0.717) is 16.5 Å². The Kier molecular flexibility index (Phi) is 5.33. The Morgan fingerprint density at radius 1 is 1.34 bits per heavy atom. The number of amides is 1. The standard InChI is InChI=1S/C20H15FN6O2/c1-10-13(20(29)27-15-3-4-24-16(8-23)18(10)15)6-17(28)26-11(2)19-14(21)5-12(7-22)9-25-19/h3-5,9,11H,6H2,1-2H3,(H,26,28)(H,27,29)/t11-/m1/s1. The lowest BCUT2D eigenvalue weighted by Gasteiger charge is -2.15. The predicted octanol–water partition coefficient (Wildman–Crippen LogP) is 1.93. The Labute approximate surface area is 164 Å². The molecule has 3 aromatic heterocycles. The van der Waals surface area contributed by atoms with Crippen molar-refractivity contribution < 1.29 is 9.18 Å². The van der Waals surface area contributed by atoms with Crippen LogP contribution in [0.2, 0.25) is 0 Å². The van der Waals surface area contributed by atoms with Gasteiger partial charge in [0.1, 0.15) is 23.6 Å². The second-order valence-electron chi connectivity index (χ2n) is 6.42. The highest BCUT2D eigenvalue weighted by Gasteiger charge is 2.19. The van der Waals surface area contributed by atoms with Crippen LogP contribution in [0.3, 0.4) is 0 Å². The first kappa shape index (κ1) is 19.6. The van der Waals surface area contributed by atoms with Crippen LogP contribution in [0.4, 0.5) is 4.39 Å². The highest BCUT2D eigenvalue weighted by atomic mass is 19.1. The molecule has 29 heavy (non-hydrogen) atoms. The zero-order chi connectivity index (χ0) is 21.1. The maximum absolute atomic E-state index is 14.1. The molecule has 0 radical (unpaired) electrons. The van der Waals surface area contributed by atoms with Gasteiger partial charge in [0.2, 0.25) is 5.91 Å². The number of H-pyrrole nitrogens is 1. The van der Waals surface area contributed by atoms with Crippen molar-refractivity contribution in [3.63, 3.8) is 0 Å². The molecule has 0 aliphatic heterocycles. The van der Waals surface area contributed by atoms with Crippen LogP contribution in [0, 0.1) is 35.4 Å². The van der Waals surface area contributed by atoms with Crippen molar-refractivity contribution in [2.45, 2.75) is 26.3 Å². The fourth-order valence-corrected chi connectivity index (χ4v) is 3.11. The lowest BCUT2D eigenvalue weighted by Crippen LogP contribution is -2.31. The molecule has 1 amide bonds. The third-order valence-corrected chi connectivity index (χ3v) is 4.53. The maximum Gasteiger partial charge on any atom is 0.252 e. The summed E-state index contributed by atoms with van der Waals surface area (Å²) in [7, 11) is 0. The third-order valence-electron chi connectivity index (χ3n) is 4.53. The summed E-state index contributed by atoms with van der Waals surface area (Å²) in [4.78, 5) is 35.4. The van der Waals surface area contributed by atoms with Gasteiger partial charge in [-0.25, -0.2) is 9.37 Å². The first-order valence-electron chi connectivity index (χ1n) is 8.61. The first-order chi connectivity index (χ1) is 13.8. The normalized spacial score (nSPS) is 11.5. The van der Waals surface area contributed by atoms with Crippen molar-refractivity contribution in [1.29, 1.82) is 10.5 Å². The van der Waals surface area contributed by atoms with Crippen LogP contribution in [0.15, 0.2) is 29.3 Å². The molecule has 0 spiro atoms. The van der Waals surface area contributed by atoms with Gasteiger partial charge in [-0.15, -0.1) is 0 Å². The van der Waals surface area contributed by atoms with Gasteiger partial charge in [0, 0.05) is 23.3 Å². The van der Waals surface area contributed by atoms with Gasteiger partial charge < -0.3 is 10.3 Å². The number of aryl methyl sites for hydroxylation is 1. The smallest absolute Gasteiger partial charge is 0.252 e. The molecule has 0 bridgehead atoms. The maximum atomic E-state index is 14.1. The summed E-state index contributed by atoms with van der Waals surface area (Å²) < 4.78 is 14.1. The van der Waals surface area contributed by atoms with E-state index < -0.39 is 23.3 Å². The van der Waals surface area contributed by atoms with Crippen molar-refractivity contribution in [2.24, 2.45) is 0 Å². The van der Waals surface area contributed by atoms with Gasteiger partial charge in [-0.1, -0.05) is 0 Å².